The number of hydrogen-bond acceptors (Lipinski definition) is 4. The van der Waals surface area contributed by atoms with Crippen molar-refractivity contribution >= 4 is 5.91 Å². The molecular weight excluding hydrogens is 172 g/mol. The molecule has 0 saturated heterocycles. The molecule has 0 unspecified atom stereocenters. The molecule has 1 aromatic rings. The monoisotopic (exact) mass is 184 g/mol. The van der Waals surface area contributed by atoms with Gasteiger partial charge < -0.3 is 14.8 Å². The van der Waals surface area contributed by atoms with Crippen molar-refractivity contribution in [1.29, 1.82) is 0 Å². The summed E-state index contributed by atoms with van der Waals surface area (Å²) in [6.07, 6.45) is 1.22. The summed E-state index contributed by atoms with van der Waals surface area (Å²) in [5.41, 5.74) is 0.544. The van der Waals surface area contributed by atoms with Crippen LogP contribution in [-0.2, 0) is 0 Å². The second-order valence-electron chi connectivity index (χ2n) is 2.82. The maximum Gasteiger partial charge on any atom is 0.289 e. The molecule has 5 heteroatoms. The van der Waals surface area contributed by atoms with Crippen molar-refractivity contribution in [3.05, 3.63) is 17.8 Å². The van der Waals surface area contributed by atoms with Crippen molar-refractivity contribution in [3.8, 4) is 0 Å². The highest BCUT2D eigenvalue weighted by molar-refractivity contribution is 5.92. The number of aliphatic hydroxyl groups is 1. The predicted molar refractivity (Wildman–Crippen MR) is 45.3 cm³/mol. The summed E-state index contributed by atoms with van der Waals surface area (Å²) in [5.74, 6) is -0.156. The first kappa shape index (κ1) is 9.73. The molecule has 0 bridgehead atoms. The molecule has 0 fully saturated rings. The smallest absolute Gasteiger partial charge is 0.289 e. The second-order valence-corrected chi connectivity index (χ2v) is 2.82. The van der Waals surface area contributed by atoms with Crippen LogP contribution in [0.25, 0.3) is 0 Å². The number of rotatable bonds is 3. The van der Waals surface area contributed by atoms with Gasteiger partial charge in [0.15, 0.2) is 6.39 Å². The van der Waals surface area contributed by atoms with E-state index in [1.807, 2.05) is 0 Å². The molecule has 0 spiro atoms. The third-order valence-electron chi connectivity index (χ3n) is 1.60. The Hall–Kier alpha value is -1.36. The largest absolute Gasteiger partial charge is 0.438 e. The van der Waals surface area contributed by atoms with Crippen LogP contribution in [0.2, 0.25) is 0 Å². The van der Waals surface area contributed by atoms with Crippen molar-refractivity contribution in [1.82, 2.24) is 10.3 Å². The lowest BCUT2D eigenvalue weighted by molar-refractivity contribution is 0.0893. The summed E-state index contributed by atoms with van der Waals surface area (Å²) in [4.78, 5) is 15.1. The first-order valence-electron chi connectivity index (χ1n) is 3.97. The van der Waals surface area contributed by atoms with Crippen molar-refractivity contribution in [2.24, 2.45) is 0 Å². The number of aryl methyl sites for hydroxylation is 1. The molecule has 1 rings (SSSR count). The minimum absolute atomic E-state index is 0.0983. The fourth-order valence-corrected chi connectivity index (χ4v) is 0.855. The summed E-state index contributed by atoms with van der Waals surface area (Å²) >= 11 is 0. The Labute approximate surface area is 75.8 Å². The van der Waals surface area contributed by atoms with E-state index in [4.69, 9.17) is 9.52 Å². The van der Waals surface area contributed by atoms with Gasteiger partial charge in [0, 0.05) is 6.04 Å². The van der Waals surface area contributed by atoms with Gasteiger partial charge >= 0.3 is 0 Å². The van der Waals surface area contributed by atoms with Gasteiger partial charge in [-0.1, -0.05) is 0 Å². The van der Waals surface area contributed by atoms with Crippen LogP contribution < -0.4 is 5.32 Å². The van der Waals surface area contributed by atoms with Crippen LogP contribution in [0, 0.1) is 6.92 Å². The number of oxazole rings is 1. The van der Waals surface area contributed by atoms with Gasteiger partial charge in [0.1, 0.15) is 0 Å². The first-order valence-corrected chi connectivity index (χ1v) is 3.97. The number of nitrogens with zero attached hydrogens (tertiary/aromatic N) is 1. The third kappa shape index (κ3) is 2.29. The molecule has 1 amide bonds. The van der Waals surface area contributed by atoms with Crippen LogP contribution in [0.5, 0.6) is 0 Å². The highest BCUT2D eigenvalue weighted by Crippen LogP contribution is 2.04. The van der Waals surface area contributed by atoms with Gasteiger partial charge in [0.05, 0.1) is 12.3 Å². The Morgan fingerprint density at radius 1 is 1.85 bits per heavy atom. The van der Waals surface area contributed by atoms with E-state index in [-0.39, 0.29) is 24.3 Å². The molecular formula is C8H12N2O3. The quantitative estimate of drug-likeness (QED) is 0.698. The lowest BCUT2D eigenvalue weighted by atomic mass is 10.3. The molecule has 13 heavy (non-hydrogen) atoms. The van der Waals surface area contributed by atoms with Crippen molar-refractivity contribution in [2.75, 3.05) is 6.61 Å². The standard InChI is InChI=1S/C8H12N2O3/c1-5(3-11)10-8(12)7-6(2)9-4-13-7/h4-5,11H,3H2,1-2H3,(H,10,12)/t5-/m0/s1. The fourth-order valence-electron chi connectivity index (χ4n) is 0.855. The van der Waals surface area contributed by atoms with E-state index in [0.29, 0.717) is 5.69 Å². The molecule has 5 nitrogen and oxygen atoms in total. The number of nitrogens with one attached hydrogen (secondary N) is 1. The van der Waals surface area contributed by atoms with E-state index in [1.54, 1.807) is 13.8 Å². The molecule has 72 valence electrons. The third-order valence-corrected chi connectivity index (χ3v) is 1.60. The minimum atomic E-state index is -0.350. The van der Waals surface area contributed by atoms with Crippen molar-refractivity contribution < 1.29 is 14.3 Å². The SMILES string of the molecule is Cc1ncoc1C(=O)N[C@@H](C)CO. The molecule has 0 saturated carbocycles. The van der Waals surface area contributed by atoms with Gasteiger partial charge in [-0.05, 0) is 13.8 Å². The van der Waals surface area contributed by atoms with Crippen LogP contribution in [0.4, 0.5) is 0 Å². The molecule has 0 aliphatic heterocycles. The lowest BCUT2D eigenvalue weighted by Gasteiger charge is -2.08. The van der Waals surface area contributed by atoms with E-state index < -0.39 is 0 Å². The van der Waals surface area contributed by atoms with Crippen molar-refractivity contribution in [3.63, 3.8) is 0 Å². The van der Waals surface area contributed by atoms with Crippen molar-refractivity contribution in [2.45, 2.75) is 19.9 Å². The summed E-state index contributed by atoms with van der Waals surface area (Å²) in [6, 6.07) is -0.281. The maximum atomic E-state index is 11.3. The zero-order valence-corrected chi connectivity index (χ0v) is 7.57. The molecule has 1 heterocycles. The number of hydrogen-bond donors (Lipinski definition) is 2. The maximum absolute atomic E-state index is 11.3. The number of carbonyl (C=O) groups excluding carboxylic acids is 1. The van der Waals surface area contributed by atoms with Gasteiger partial charge in [-0.3, -0.25) is 4.79 Å². The molecule has 2 N–H and O–H groups in total. The van der Waals surface area contributed by atoms with Crippen LogP contribution in [0.1, 0.15) is 23.2 Å². The molecule has 1 atom stereocenters. The summed E-state index contributed by atoms with van der Waals surface area (Å²) < 4.78 is 4.87. The van der Waals surface area contributed by atoms with E-state index >= 15 is 0 Å². The first-order chi connectivity index (χ1) is 6.15. The predicted octanol–water partition coefficient (Wildman–Crippen LogP) is 0.0936. The average molecular weight is 184 g/mol. The van der Waals surface area contributed by atoms with E-state index in [1.165, 1.54) is 6.39 Å². The van der Waals surface area contributed by atoms with E-state index in [9.17, 15) is 4.79 Å². The molecule has 0 aliphatic carbocycles. The Morgan fingerprint density at radius 3 is 3.00 bits per heavy atom. The number of aromatic nitrogens is 1. The van der Waals surface area contributed by atoms with Crippen LogP contribution >= 0.6 is 0 Å². The zero-order chi connectivity index (χ0) is 9.84. The Morgan fingerprint density at radius 2 is 2.54 bits per heavy atom. The lowest BCUT2D eigenvalue weighted by Crippen LogP contribution is -2.35. The highest BCUT2D eigenvalue weighted by Gasteiger charge is 2.15. The summed E-state index contributed by atoms with van der Waals surface area (Å²) in [6.45, 7) is 3.28. The van der Waals surface area contributed by atoms with Gasteiger partial charge in [-0.2, -0.15) is 0 Å². The number of carbonyl (C=O) groups is 1. The summed E-state index contributed by atoms with van der Waals surface area (Å²) in [5, 5.41) is 11.2. The van der Waals surface area contributed by atoms with Gasteiger partial charge in [-0.15, -0.1) is 0 Å². The van der Waals surface area contributed by atoms with Gasteiger partial charge in [0.2, 0.25) is 5.76 Å². The second kappa shape index (κ2) is 4.04. The summed E-state index contributed by atoms with van der Waals surface area (Å²) in [7, 11) is 0. The molecule has 0 aromatic carbocycles. The van der Waals surface area contributed by atoms with Gasteiger partial charge in [-0.25, -0.2) is 4.98 Å². The molecule has 1 aromatic heterocycles. The molecule has 0 radical (unpaired) electrons. The number of amides is 1. The van der Waals surface area contributed by atoms with Crippen LogP contribution in [0.3, 0.4) is 0 Å². The Bertz CT molecular complexity index is 295. The average Bonchev–Trinajstić information content (AvgIpc) is 2.51. The highest BCUT2D eigenvalue weighted by atomic mass is 16.3. The number of aliphatic hydroxyl groups excluding tert-OH is 1. The van der Waals surface area contributed by atoms with E-state index in [0.717, 1.165) is 0 Å². The van der Waals surface area contributed by atoms with Crippen LogP contribution in [0.15, 0.2) is 10.8 Å². The normalized spacial score (nSPS) is 12.5. The Balaban J connectivity index is 2.64. The molecule has 0 aliphatic rings. The Kier molecular flexibility index (Phi) is 3.02. The topological polar surface area (TPSA) is 75.4 Å². The minimum Gasteiger partial charge on any atom is -0.438 e. The van der Waals surface area contributed by atoms with Gasteiger partial charge in [0.25, 0.3) is 5.91 Å². The van der Waals surface area contributed by atoms with E-state index in [2.05, 4.69) is 10.3 Å². The fraction of sp³-hybridized carbons (Fsp3) is 0.500. The zero-order valence-electron chi connectivity index (χ0n) is 7.57. The van der Waals surface area contributed by atoms with Crippen LogP contribution in [-0.4, -0.2) is 28.6 Å².